The van der Waals surface area contributed by atoms with Crippen LogP contribution in [-0.2, 0) is 6.42 Å². The highest BCUT2D eigenvalue weighted by molar-refractivity contribution is 14.0. The number of hydrogen-bond donors (Lipinski definition) is 3. The fraction of sp³-hybridized carbons (Fsp3) is 0.333. The van der Waals surface area contributed by atoms with E-state index in [1.807, 2.05) is 25.1 Å². The van der Waals surface area contributed by atoms with Gasteiger partial charge in [0, 0.05) is 26.2 Å². The van der Waals surface area contributed by atoms with E-state index < -0.39 is 0 Å². The van der Waals surface area contributed by atoms with Crippen LogP contribution in [0.1, 0.15) is 23.0 Å². The van der Waals surface area contributed by atoms with Crippen LogP contribution >= 0.6 is 24.0 Å². The van der Waals surface area contributed by atoms with Gasteiger partial charge in [-0.05, 0) is 31.0 Å². The summed E-state index contributed by atoms with van der Waals surface area (Å²) in [6, 6.07) is 13.6. The van der Waals surface area contributed by atoms with Gasteiger partial charge in [0.05, 0.1) is 6.26 Å². The van der Waals surface area contributed by atoms with Crippen molar-refractivity contribution in [2.45, 2.75) is 13.3 Å². The Balaban J connectivity index is 0.00000312. The number of aliphatic imine (C=N–C) groups is 1. The van der Waals surface area contributed by atoms with Gasteiger partial charge in [-0.2, -0.15) is 0 Å². The standard InChI is InChI=1S/C18H24N4O2.HI/c1-2-19-18(21-11-10-15-7-4-3-5-8-15)22-13-12-20-17(23)16-9-6-14-24-16;/h3-9,14H,2,10-13H2,1H3,(H,20,23)(H2,19,21,22);1H. The minimum atomic E-state index is -0.215. The van der Waals surface area contributed by atoms with E-state index >= 15 is 0 Å². The van der Waals surface area contributed by atoms with Gasteiger partial charge in [-0.15, -0.1) is 24.0 Å². The first-order chi connectivity index (χ1) is 11.8. The Morgan fingerprint density at radius 3 is 2.48 bits per heavy atom. The Kier molecular flexibility index (Phi) is 10.4. The highest BCUT2D eigenvalue weighted by Crippen LogP contribution is 1.99. The Morgan fingerprint density at radius 2 is 1.80 bits per heavy atom. The minimum Gasteiger partial charge on any atom is -0.459 e. The number of halogens is 1. The molecule has 0 unspecified atom stereocenters. The minimum absolute atomic E-state index is 0. The number of nitrogens with zero attached hydrogens (tertiary/aromatic N) is 1. The van der Waals surface area contributed by atoms with E-state index in [4.69, 9.17) is 4.42 Å². The van der Waals surface area contributed by atoms with Crippen molar-refractivity contribution in [2.75, 3.05) is 26.2 Å². The first kappa shape index (κ1) is 21.0. The van der Waals surface area contributed by atoms with Crippen molar-refractivity contribution >= 4 is 35.8 Å². The lowest BCUT2D eigenvalue weighted by Crippen LogP contribution is -2.41. The molecule has 1 aromatic heterocycles. The summed E-state index contributed by atoms with van der Waals surface area (Å²) in [5.41, 5.74) is 1.27. The van der Waals surface area contributed by atoms with Gasteiger partial charge in [0.25, 0.3) is 5.91 Å². The van der Waals surface area contributed by atoms with Crippen molar-refractivity contribution in [3.05, 3.63) is 60.1 Å². The average Bonchev–Trinajstić information content (AvgIpc) is 3.14. The smallest absolute Gasteiger partial charge is 0.287 e. The average molecular weight is 456 g/mol. The number of benzene rings is 1. The van der Waals surface area contributed by atoms with Crippen LogP contribution in [0.4, 0.5) is 0 Å². The molecule has 0 fully saturated rings. The predicted molar refractivity (Wildman–Crippen MR) is 111 cm³/mol. The van der Waals surface area contributed by atoms with E-state index in [0.29, 0.717) is 25.4 Å². The maximum absolute atomic E-state index is 11.7. The van der Waals surface area contributed by atoms with Crippen molar-refractivity contribution < 1.29 is 9.21 Å². The van der Waals surface area contributed by atoms with E-state index in [9.17, 15) is 4.79 Å². The van der Waals surface area contributed by atoms with Crippen molar-refractivity contribution in [1.82, 2.24) is 16.0 Å². The molecule has 2 rings (SSSR count). The zero-order chi connectivity index (χ0) is 17.0. The maximum Gasteiger partial charge on any atom is 0.287 e. The van der Waals surface area contributed by atoms with Gasteiger partial charge in [-0.25, -0.2) is 0 Å². The molecular weight excluding hydrogens is 431 g/mol. The number of hydrogen-bond acceptors (Lipinski definition) is 3. The Morgan fingerprint density at radius 1 is 1.04 bits per heavy atom. The predicted octanol–water partition coefficient (Wildman–Crippen LogP) is 2.43. The van der Waals surface area contributed by atoms with Gasteiger partial charge in [0.2, 0.25) is 0 Å². The van der Waals surface area contributed by atoms with Gasteiger partial charge in [0.1, 0.15) is 0 Å². The van der Waals surface area contributed by atoms with Gasteiger partial charge >= 0.3 is 0 Å². The van der Waals surface area contributed by atoms with Crippen molar-refractivity contribution in [2.24, 2.45) is 4.99 Å². The van der Waals surface area contributed by atoms with Crippen LogP contribution in [0, 0.1) is 0 Å². The van der Waals surface area contributed by atoms with Crippen LogP contribution in [0.3, 0.4) is 0 Å². The Bertz CT molecular complexity index is 630. The normalized spacial score (nSPS) is 10.7. The topological polar surface area (TPSA) is 78.7 Å². The molecule has 7 heteroatoms. The summed E-state index contributed by atoms with van der Waals surface area (Å²) in [5.74, 6) is 0.854. The van der Waals surface area contributed by atoms with Gasteiger partial charge < -0.3 is 20.4 Å². The summed E-state index contributed by atoms with van der Waals surface area (Å²) < 4.78 is 5.04. The van der Waals surface area contributed by atoms with Gasteiger partial charge in [-0.3, -0.25) is 9.79 Å². The number of carbonyl (C=O) groups is 1. The molecule has 0 saturated carbocycles. The fourth-order valence-corrected chi connectivity index (χ4v) is 2.14. The highest BCUT2D eigenvalue weighted by Gasteiger charge is 2.06. The first-order valence-corrected chi connectivity index (χ1v) is 8.17. The van der Waals surface area contributed by atoms with Crippen molar-refractivity contribution in [3.8, 4) is 0 Å². The number of furan rings is 1. The van der Waals surface area contributed by atoms with Crippen LogP contribution in [0.5, 0.6) is 0 Å². The molecule has 0 bridgehead atoms. The molecule has 2 aromatic rings. The van der Waals surface area contributed by atoms with E-state index in [1.54, 1.807) is 12.1 Å². The molecule has 25 heavy (non-hydrogen) atoms. The molecular formula is C18H25IN4O2. The van der Waals surface area contributed by atoms with Gasteiger partial charge in [0.15, 0.2) is 11.7 Å². The molecule has 0 aliphatic heterocycles. The molecule has 0 atom stereocenters. The molecule has 1 heterocycles. The maximum atomic E-state index is 11.7. The third kappa shape index (κ3) is 8.06. The molecule has 6 nitrogen and oxygen atoms in total. The summed E-state index contributed by atoms with van der Waals surface area (Å²) in [6.45, 7) is 4.59. The van der Waals surface area contributed by atoms with Crippen LogP contribution in [0.2, 0.25) is 0 Å². The number of guanidine groups is 1. The van der Waals surface area contributed by atoms with Crippen molar-refractivity contribution in [3.63, 3.8) is 0 Å². The number of amides is 1. The zero-order valence-corrected chi connectivity index (χ0v) is 16.7. The quantitative estimate of drug-likeness (QED) is 0.247. The van der Waals surface area contributed by atoms with Gasteiger partial charge in [-0.1, -0.05) is 30.3 Å². The first-order valence-electron chi connectivity index (χ1n) is 8.17. The van der Waals surface area contributed by atoms with E-state index in [2.05, 4.69) is 33.1 Å². The lowest BCUT2D eigenvalue weighted by atomic mass is 10.2. The lowest BCUT2D eigenvalue weighted by Gasteiger charge is -2.11. The van der Waals surface area contributed by atoms with Crippen LogP contribution in [0.15, 0.2) is 58.1 Å². The second kappa shape index (κ2) is 12.3. The molecule has 0 aliphatic rings. The third-order valence-electron chi connectivity index (χ3n) is 3.31. The molecule has 0 aliphatic carbocycles. The number of carbonyl (C=O) groups excluding carboxylic acids is 1. The second-order valence-corrected chi connectivity index (χ2v) is 5.16. The Labute approximate surface area is 165 Å². The van der Waals surface area contributed by atoms with E-state index in [0.717, 1.165) is 18.9 Å². The van der Waals surface area contributed by atoms with E-state index in [-0.39, 0.29) is 29.9 Å². The summed E-state index contributed by atoms with van der Waals surface area (Å²) in [6.07, 6.45) is 2.38. The summed E-state index contributed by atoms with van der Waals surface area (Å²) in [5, 5.41) is 9.18. The largest absolute Gasteiger partial charge is 0.459 e. The monoisotopic (exact) mass is 456 g/mol. The summed E-state index contributed by atoms with van der Waals surface area (Å²) in [7, 11) is 0. The van der Waals surface area contributed by atoms with Crippen molar-refractivity contribution in [1.29, 1.82) is 0 Å². The molecule has 136 valence electrons. The van der Waals surface area contributed by atoms with E-state index in [1.165, 1.54) is 11.8 Å². The lowest BCUT2D eigenvalue weighted by molar-refractivity contribution is 0.0926. The molecule has 1 amide bonds. The molecule has 0 spiro atoms. The highest BCUT2D eigenvalue weighted by atomic mass is 127. The molecule has 3 N–H and O–H groups in total. The Hall–Kier alpha value is -2.03. The number of nitrogens with one attached hydrogen (secondary N) is 3. The van der Waals surface area contributed by atoms with Crippen LogP contribution in [0.25, 0.3) is 0 Å². The molecule has 0 radical (unpaired) electrons. The fourth-order valence-electron chi connectivity index (χ4n) is 2.14. The summed E-state index contributed by atoms with van der Waals surface area (Å²) >= 11 is 0. The van der Waals surface area contributed by atoms with Crippen LogP contribution < -0.4 is 16.0 Å². The zero-order valence-electron chi connectivity index (χ0n) is 14.3. The van der Waals surface area contributed by atoms with Crippen LogP contribution in [-0.4, -0.2) is 38.0 Å². The molecule has 0 saturated heterocycles. The molecule has 1 aromatic carbocycles. The SMILES string of the molecule is CCNC(=NCCc1ccccc1)NCCNC(=O)c1ccco1.I. The number of rotatable bonds is 8. The second-order valence-electron chi connectivity index (χ2n) is 5.16. The third-order valence-corrected chi connectivity index (χ3v) is 3.31. The summed E-state index contributed by atoms with van der Waals surface area (Å²) in [4.78, 5) is 16.3.